The number of esters is 1. The van der Waals surface area contributed by atoms with Gasteiger partial charge in [0.05, 0.1) is 10.5 Å². The van der Waals surface area contributed by atoms with Crippen LogP contribution in [0.25, 0.3) is 0 Å². The number of aromatic nitrogens is 2. The van der Waals surface area contributed by atoms with Gasteiger partial charge in [0, 0.05) is 20.0 Å². The van der Waals surface area contributed by atoms with Gasteiger partial charge in [-0.15, -0.1) is 10.2 Å². The van der Waals surface area contributed by atoms with Crippen molar-refractivity contribution >= 4 is 16.0 Å². The van der Waals surface area contributed by atoms with Crippen molar-refractivity contribution in [2.24, 2.45) is 0 Å². The minimum atomic E-state index is -3.57. The lowest BCUT2D eigenvalue weighted by molar-refractivity contribution is 0.0436. The van der Waals surface area contributed by atoms with Crippen LogP contribution in [0.2, 0.25) is 0 Å². The second kappa shape index (κ2) is 6.70. The van der Waals surface area contributed by atoms with Crippen LogP contribution in [-0.2, 0) is 21.4 Å². The van der Waals surface area contributed by atoms with Crippen molar-refractivity contribution in [3.63, 3.8) is 0 Å². The Morgan fingerprint density at radius 3 is 2.71 bits per heavy atom. The van der Waals surface area contributed by atoms with E-state index in [1.807, 2.05) is 0 Å². The summed E-state index contributed by atoms with van der Waals surface area (Å²) in [5.41, 5.74) is 0.159. The van der Waals surface area contributed by atoms with Gasteiger partial charge in [0.25, 0.3) is 5.89 Å². The van der Waals surface area contributed by atoms with Gasteiger partial charge >= 0.3 is 5.97 Å². The first-order chi connectivity index (χ1) is 11.5. The number of sulfonamides is 1. The Morgan fingerprint density at radius 1 is 1.29 bits per heavy atom. The third-order valence-electron chi connectivity index (χ3n) is 3.67. The molecule has 128 valence electrons. The van der Waals surface area contributed by atoms with E-state index in [0.717, 1.165) is 12.8 Å². The summed E-state index contributed by atoms with van der Waals surface area (Å²) in [4.78, 5) is 12.2. The average molecular weight is 351 g/mol. The molecular formula is C15H17N3O5S. The highest BCUT2D eigenvalue weighted by Crippen LogP contribution is 2.22. The number of ether oxygens (including phenoxy) is 1. The van der Waals surface area contributed by atoms with Crippen molar-refractivity contribution in [3.8, 4) is 0 Å². The number of hydrogen-bond donors (Lipinski definition) is 0. The van der Waals surface area contributed by atoms with Gasteiger partial charge in [-0.2, -0.15) is 4.31 Å². The molecule has 0 amide bonds. The van der Waals surface area contributed by atoms with Crippen molar-refractivity contribution in [1.82, 2.24) is 14.5 Å². The Kier molecular flexibility index (Phi) is 4.63. The zero-order chi connectivity index (χ0) is 17.2. The maximum Gasteiger partial charge on any atom is 0.338 e. The zero-order valence-electron chi connectivity index (χ0n) is 13.1. The minimum Gasteiger partial charge on any atom is -0.452 e. The van der Waals surface area contributed by atoms with Crippen LogP contribution < -0.4 is 0 Å². The summed E-state index contributed by atoms with van der Waals surface area (Å²) >= 11 is 0. The molecule has 0 bridgehead atoms. The first kappa shape index (κ1) is 16.6. The molecule has 1 fully saturated rings. The molecule has 1 aromatic carbocycles. The molecule has 0 aliphatic carbocycles. The topological polar surface area (TPSA) is 103 Å². The number of carbonyl (C=O) groups excluding carboxylic acids is 1. The van der Waals surface area contributed by atoms with Gasteiger partial charge in [0.1, 0.15) is 0 Å². The highest BCUT2D eigenvalue weighted by Gasteiger charge is 2.27. The molecule has 0 saturated carbocycles. The number of hydrogen-bond acceptors (Lipinski definition) is 7. The molecule has 0 atom stereocenters. The lowest BCUT2D eigenvalue weighted by atomic mass is 10.2. The molecule has 3 rings (SSSR count). The maximum absolute atomic E-state index is 12.5. The summed E-state index contributed by atoms with van der Waals surface area (Å²) in [7, 11) is -3.57. The molecule has 1 aliphatic rings. The molecule has 8 nitrogen and oxygen atoms in total. The summed E-state index contributed by atoms with van der Waals surface area (Å²) in [5, 5.41) is 7.36. The van der Waals surface area contributed by atoms with E-state index < -0.39 is 16.0 Å². The molecule has 0 N–H and O–H groups in total. The summed E-state index contributed by atoms with van der Waals surface area (Å²) in [6.07, 6.45) is 1.70. The minimum absolute atomic E-state index is 0.0903. The molecule has 0 spiro atoms. The van der Waals surface area contributed by atoms with E-state index in [1.165, 1.54) is 28.6 Å². The first-order valence-corrected chi connectivity index (χ1v) is 8.97. The third-order valence-corrected chi connectivity index (χ3v) is 5.56. The average Bonchev–Trinajstić information content (AvgIpc) is 3.24. The molecule has 1 saturated heterocycles. The highest BCUT2D eigenvalue weighted by atomic mass is 32.2. The zero-order valence-corrected chi connectivity index (χ0v) is 14.0. The molecule has 2 heterocycles. The molecule has 1 aliphatic heterocycles. The first-order valence-electron chi connectivity index (χ1n) is 7.53. The van der Waals surface area contributed by atoms with Crippen LogP contribution >= 0.6 is 0 Å². The van der Waals surface area contributed by atoms with Gasteiger partial charge in [-0.3, -0.25) is 0 Å². The third kappa shape index (κ3) is 3.46. The molecular weight excluding hydrogens is 334 g/mol. The predicted molar refractivity (Wildman–Crippen MR) is 82.6 cm³/mol. The lowest BCUT2D eigenvalue weighted by Gasteiger charge is -2.15. The van der Waals surface area contributed by atoms with E-state index in [9.17, 15) is 13.2 Å². The van der Waals surface area contributed by atoms with E-state index in [-0.39, 0.29) is 23.0 Å². The molecule has 9 heteroatoms. The van der Waals surface area contributed by atoms with Gasteiger partial charge in [-0.1, -0.05) is 6.07 Å². The van der Waals surface area contributed by atoms with Crippen LogP contribution in [0.5, 0.6) is 0 Å². The van der Waals surface area contributed by atoms with E-state index in [4.69, 9.17) is 9.15 Å². The van der Waals surface area contributed by atoms with E-state index in [0.29, 0.717) is 19.0 Å². The summed E-state index contributed by atoms with van der Waals surface area (Å²) in [6, 6.07) is 5.83. The second-order valence-electron chi connectivity index (χ2n) is 5.43. The van der Waals surface area contributed by atoms with Crippen molar-refractivity contribution in [1.29, 1.82) is 0 Å². The smallest absolute Gasteiger partial charge is 0.338 e. The second-order valence-corrected chi connectivity index (χ2v) is 7.37. The van der Waals surface area contributed by atoms with Gasteiger partial charge in [-0.05, 0) is 31.0 Å². The van der Waals surface area contributed by atoms with Crippen LogP contribution in [-0.4, -0.2) is 42.0 Å². The fraction of sp³-hybridized carbons (Fsp3) is 0.400. The van der Waals surface area contributed by atoms with Gasteiger partial charge in [0.15, 0.2) is 6.61 Å². The summed E-state index contributed by atoms with van der Waals surface area (Å²) in [5.74, 6) is -0.0919. The van der Waals surface area contributed by atoms with Crippen LogP contribution in [0.4, 0.5) is 0 Å². The Balaban J connectivity index is 1.73. The number of nitrogens with zero attached hydrogens (tertiary/aromatic N) is 3. The fourth-order valence-electron chi connectivity index (χ4n) is 2.47. The van der Waals surface area contributed by atoms with E-state index >= 15 is 0 Å². The normalized spacial score (nSPS) is 15.5. The Bertz CT molecular complexity index is 840. The maximum atomic E-state index is 12.5. The number of benzene rings is 1. The molecule has 0 unspecified atom stereocenters. The van der Waals surface area contributed by atoms with Crippen LogP contribution in [0.15, 0.2) is 33.6 Å². The van der Waals surface area contributed by atoms with Gasteiger partial charge in [0.2, 0.25) is 15.9 Å². The van der Waals surface area contributed by atoms with E-state index in [2.05, 4.69) is 10.2 Å². The van der Waals surface area contributed by atoms with Crippen LogP contribution in [0, 0.1) is 6.92 Å². The van der Waals surface area contributed by atoms with Gasteiger partial charge in [-0.25, -0.2) is 13.2 Å². The Hall–Kier alpha value is -2.26. The summed E-state index contributed by atoms with van der Waals surface area (Å²) < 4.78 is 36.7. The fourth-order valence-corrected chi connectivity index (χ4v) is 4.03. The van der Waals surface area contributed by atoms with Crippen LogP contribution in [0.3, 0.4) is 0 Å². The SMILES string of the molecule is Cc1nnc(COC(=O)c2cccc(S(=O)(=O)N3CCCC3)c2)o1. The lowest BCUT2D eigenvalue weighted by Crippen LogP contribution is -2.28. The number of carbonyl (C=O) groups is 1. The Labute approximate surface area is 139 Å². The van der Waals surface area contributed by atoms with Gasteiger partial charge < -0.3 is 9.15 Å². The Morgan fingerprint density at radius 2 is 2.04 bits per heavy atom. The molecule has 2 aromatic rings. The van der Waals surface area contributed by atoms with Crippen molar-refractivity contribution in [2.45, 2.75) is 31.3 Å². The molecule has 0 radical (unpaired) electrons. The quantitative estimate of drug-likeness (QED) is 0.752. The van der Waals surface area contributed by atoms with E-state index in [1.54, 1.807) is 6.92 Å². The highest BCUT2D eigenvalue weighted by molar-refractivity contribution is 7.89. The van der Waals surface area contributed by atoms with Crippen molar-refractivity contribution < 1.29 is 22.4 Å². The number of rotatable bonds is 5. The summed E-state index contributed by atoms with van der Waals surface area (Å²) in [6.45, 7) is 2.48. The largest absolute Gasteiger partial charge is 0.452 e. The monoisotopic (exact) mass is 351 g/mol. The number of aryl methyl sites for hydroxylation is 1. The molecule has 1 aromatic heterocycles. The van der Waals surface area contributed by atoms with Crippen molar-refractivity contribution in [2.75, 3.05) is 13.1 Å². The van der Waals surface area contributed by atoms with Crippen LogP contribution in [0.1, 0.15) is 35.0 Å². The van der Waals surface area contributed by atoms with Crippen molar-refractivity contribution in [3.05, 3.63) is 41.6 Å². The predicted octanol–water partition coefficient (Wildman–Crippen LogP) is 1.52. The standard InChI is InChI=1S/C15H17N3O5S/c1-11-16-17-14(23-11)10-22-15(19)12-5-4-6-13(9-12)24(20,21)18-7-2-3-8-18/h4-6,9H,2-3,7-8,10H2,1H3. The molecule has 24 heavy (non-hydrogen) atoms.